The maximum atomic E-state index is 3.63. The first kappa shape index (κ1) is 5.38. The van der Waals surface area contributed by atoms with E-state index in [1.54, 1.807) is 6.20 Å². The molecule has 0 aliphatic carbocycles. The topological polar surface area (TPSA) is 6.48 Å². The second-order valence-electron chi connectivity index (χ2n) is 1.79. The lowest BCUT2D eigenvalue weighted by Crippen LogP contribution is -2.26. The van der Waals surface area contributed by atoms with Gasteiger partial charge in [0.25, 0.3) is 0 Å². The van der Waals surface area contributed by atoms with E-state index in [4.69, 9.17) is 0 Å². The number of rotatable bonds is 1. The Kier molecular flexibility index (Phi) is 1.35. The Morgan fingerprint density at radius 2 is 2.50 bits per heavy atom. The van der Waals surface area contributed by atoms with E-state index in [1.165, 1.54) is 0 Å². The van der Waals surface area contributed by atoms with Crippen molar-refractivity contribution in [1.29, 1.82) is 0 Å². The van der Waals surface area contributed by atoms with Crippen LogP contribution in [0.5, 0.6) is 0 Å². The van der Waals surface area contributed by atoms with E-state index in [1.807, 2.05) is 18.3 Å². The Bertz CT molecular complexity index is 118. The van der Waals surface area contributed by atoms with Crippen LogP contribution in [0.15, 0.2) is 25.1 Å². The Morgan fingerprint density at radius 1 is 1.75 bits per heavy atom. The highest BCUT2D eigenvalue weighted by Gasteiger charge is 2.04. The molecule has 0 saturated heterocycles. The zero-order valence-electron chi connectivity index (χ0n) is 5.04. The molecule has 1 aliphatic heterocycles. The first-order valence-corrected chi connectivity index (χ1v) is 2.63. The SMILES string of the molecule is C=CN1C=CCN1C. The van der Waals surface area contributed by atoms with Crippen LogP contribution in [0.25, 0.3) is 0 Å². The maximum Gasteiger partial charge on any atom is 0.0379 e. The maximum absolute atomic E-state index is 3.63. The second kappa shape index (κ2) is 2.01. The predicted molar refractivity (Wildman–Crippen MR) is 33.8 cm³/mol. The molecule has 0 unspecified atom stereocenters. The first-order valence-electron chi connectivity index (χ1n) is 2.63. The summed E-state index contributed by atoms with van der Waals surface area (Å²) in [5, 5.41) is 4.01. The molecule has 0 bridgehead atoms. The largest absolute Gasteiger partial charge is 0.290 e. The molecule has 0 radical (unpaired) electrons. The van der Waals surface area contributed by atoms with Gasteiger partial charge in [-0.05, 0) is 0 Å². The highest BCUT2D eigenvalue weighted by Crippen LogP contribution is 2.02. The van der Waals surface area contributed by atoms with Crippen molar-refractivity contribution in [1.82, 2.24) is 10.0 Å². The minimum atomic E-state index is 0.992. The number of hydrogen-bond donors (Lipinski definition) is 0. The van der Waals surface area contributed by atoms with Crippen LogP contribution >= 0.6 is 0 Å². The average Bonchev–Trinajstić information content (AvgIpc) is 2.14. The molecule has 2 nitrogen and oxygen atoms in total. The fourth-order valence-electron chi connectivity index (χ4n) is 0.716. The summed E-state index contributed by atoms with van der Waals surface area (Å²) in [7, 11) is 2.02. The summed E-state index contributed by atoms with van der Waals surface area (Å²) in [5.41, 5.74) is 0. The lowest BCUT2D eigenvalue weighted by Gasteiger charge is -2.19. The second-order valence-corrected chi connectivity index (χ2v) is 1.79. The van der Waals surface area contributed by atoms with Gasteiger partial charge >= 0.3 is 0 Å². The van der Waals surface area contributed by atoms with Crippen LogP contribution in [0.1, 0.15) is 0 Å². The molecule has 1 heterocycles. The minimum Gasteiger partial charge on any atom is -0.290 e. The monoisotopic (exact) mass is 110 g/mol. The molecule has 0 N–H and O–H groups in total. The molecule has 1 aliphatic rings. The van der Waals surface area contributed by atoms with E-state index >= 15 is 0 Å². The number of hydrazine groups is 1. The van der Waals surface area contributed by atoms with Gasteiger partial charge in [-0.25, -0.2) is 5.01 Å². The Labute approximate surface area is 49.7 Å². The average molecular weight is 110 g/mol. The molecule has 8 heavy (non-hydrogen) atoms. The van der Waals surface area contributed by atoms with Crippen LogP contribution in [0.4, 0.5) is 0 Å². The van der Waals surface area contributed by atoms with Gasteiger partial charge in [0, 0.05) is 26.0 Å². The summed E-state index contributed by atoms with van der Waals surface area (Å²) in [6, 6.07) is 0. The number of nitrogens with zero attached hydrogens (tertiary/aromatic N) is 2. The summed E-state index contributed by atoms with van der Waals surface area (Å²) in [4.78, 5) is 0. The Hall–Kier alpha value is -0.760. The first-order chi connectivity index (χ1) is 3.84. The lowest BCUT2D eigenvalue weighted by atomic mass is 10.6. The van der Waals surface area contributed by atoms with Crippen molar-refractivity contribution in [2.75, 3.05) is 13.6 Å². The van der Waals surface area contributed by atoms with E-state index in [2.05, 4.69) is 17.7 Å². The molecule has 1 rings (SSSR count). The fraction of sp³-hybridized carbons (Fsp3) is 0.333. The van der Waals surface area contributed by atoms with E-state index < -0.39 is 0 Å². The molecule has 0 atom stereocenters. The Morgan fingerprint density at radius 3 is 2.75 bits per heavy atom. The van der Waals surface area contributed by atoms with Gasteiger partial charge in [-0.2, -0.15) is 0 Å². The fourth-order valence-corrected chi connectivity index (χ4v) is 0.716. The quantitative estimate of drug-likeness (QED) is 0.492. The highest BCUT2D eigenvalue weighted by molar-refractivity contribution is 4.94. The third kappa shape index (κ3) is 0.746. The van der Waals surface area contributed by atoms with Crippen LogP contribution in [-0.2, 0) is 0 Å². The molecule has 0 spiro atoms. The van der Waals surface area contributed by atoms with Crippen molar-refractivity contribution in [2.45, 2.75) is 0 Å². The van der Waals surface area contributed by atoms with E-state index in [-0.39, 0.29) is 0 Å². The zero-order valence-corrected chi connectivity index (χ0v) is 5.04. The molecular weight excluding hydrogens is 100 g/mol. The molecule has 0 saturated carbocycles. The van der Waals surface area contributed by atoms with E-state index in [0.717, 1.165) is 6.54 Å². The van der Waals surface area contributed by atoms with Gasteiger partial charge in [-0.1, -0.05) is 12.7 Å². The van der Waals surface area contributed by atoms with Crippen LogP contribution in [0.2, 0.25) is 0 Å². The van der Waals surface area contributed by atoms with Crippen molar-refractivity contribution in [3.8, 4) is 0 Å². The van der Waals surface area contributed by atoms with Gasteiger partial charge in [-0.3, -0.25) is 5.01 Å². The third-order valence-electron chi connectivity index (χ3n) is 1.21. The zero-order chi connectivity index (χ0) is 5.98. The van der Waals surface area contributed by atoms with Crippen LogP contribution in [-0.4, -0.2) is 23.6 Å². The van der Waals surface area contributed by atoms with Crippen LogP contribution in [0.3, 0.4) is 0 Å². The van der Waals surface area contributed by atoms with Gasteiger partial charge in [0.1, 0.15) is 0 Å². The summed E-state index contributed by atoms with van der Waals surface area (Å²) < 4.78 is 0. The van der Waals surface area contributed by atoms with Crippen molar-refractivity contribution in [3.05, 3.63) is 25.1 Å². The molecule has 2 heteroatoms. The van der Waals surface area contributed by atoms with Crippen molar-refractivity contribution >= 4 is 0 Å². The molecule has 0 aromatic heterocycles. The number of likely N-dealkylation sites (N-methyl/N-ethyl adjacent to an activating group) is 1. The molecule has 0 fully saturated rings. The van der Waals surface area contributed by atoms with Gasteiger partial charge in [0.15, 0.2) is 0 Å². The van der Waals surface area contributed by atoms with Crippen molar-refractivity contribution in [2.24, 2.45) is 0 Å². The third-order valence-corrected chi connectivity index (χ3v) is 1.21. The summed E-state index contributed by atoms with van der Waals surface area (Å²) >= 11 is 0. The molecular formula is C6H10N2. The van der Waals surface area contributed by atoms with Gasteiger partial charge < -0.3 is 0 Å². The van der Waals surface area contributed by atoms with Crippen LogP contribution in [0, 0.1) is 0 Å². The summed E-state index contributed by atoms with van der Waals surface area (Å²) in [5.74, 6) is 0. The number of hydrogen-bond acceptors (Lipinski definition) is 2. The van der Waals surface area contributed by atoms with Gasteiger partial charge in [0.05, 0.1) is 0 Å². The Balaban J connectivity index is 2.52. The molecule has 0 aromatic rings. The summed E-state index contributed by atoms with van der Waals surface area (Å²) in [6.45, 7) is 4.62. The molecule has 44 valence electrons. The van der Waals surface area contributed by atoms with E-state index in [9.17, 15) is 0 Å². The van der Waals surface area contributed by atoms with Crippen molar-refractivity contribution in [3.63, 3.8) is 0 Å². The highest BCUT2D eigenvalue weighted by atomic mass is 15.6. The lowest BCUT2D eigenvalue weighted by molar-refractivity contribution is 0.143. The predicted octanol–water partition coefficient (Wildman–Crippen LogP) is 0.806. The minimum absolute atomic E-state index is 0.992. The normalized spacial score (nSPS) is 19.9. The molecule has 0 amide bonds. The van der Waals surface area contributed by atoms with E-state index in [0.29, 0.717) is 0 Å². The smallest absolute Gasteiger partial charge is 0.0379 e. The van der Waals surface area contributed by atoms with Gasteiger partial charge in [0.2, 0.25) is 0 Å². The standard InChI is InChI=1S/C6H10N2/c1-3-8-6-4-5-7(8)2/h3-4,6H,1,5H2,2H3. The van der Waals surface area contributed by atoms with Crippen molar-refractivity contribution < 1.29 is 0 Å². The van der Waals surface area contributed by atoms with Crippen LogP contribution < -0.4 is 0 Å². The van der Waals surface area contributed by atoms with Gasteiger partial charge in [-0.15, -0.1) is 0 Å². The summed E-state index contributed by atoms with van der Waals surface area (Å²) in [6.07, 6.45) is 5.86. The molecule has 0 aromatic carbocycles.